The summed E-state index contributed by atoms with van der Waals surface area (Å²) in [6.45, 7) is 8.05. The van der Waals surface area contributed by atoms with Gasteiger partial charge >= 0.3 is 0 Å². The number of piperidine rings is 1. The normalized spacial score (nSPS) is 29.1. The van der Waals surface area contributed by atoms with Gasteiger partial charge in [-0.2, -0.15) is 0 Å². The van der Waals surface area contributed by atoms with E-state index in [9.17, 15) is 9.59 Å². The van der Waals surface area contributed by atoms with Crippen molar-refractivity contribution in [3.63, 3.8) is 0 Å². The van der Waals surface area contributed by atoms with Crippen molar-refractivity contribution >= 4 is 12.2 Å². The van der Waals surface area contributed by atoms with Crippen LogP contribution < -0.4 is 5.32 Å². The van der Waals surface area contributed by atoms with Crippen LogP contribution in [-0.4, -0.2) is 42.8 Å². The monoisotopic (exact) mass is 240 g/mol. The van der Waals surface area contributed by atoms with Gasteiger partial charge in [-0.05, 0) is 32.7 Å². The third-order valence-electron chi connectivity index (χ3n) is 3.86. The molecule has 0 aromatic heterocycles. The minimum Gasteiger partial charge on any atom is -0.339 e. The van der Waals surface area contributed by atoms with Crippen molar-refractivity contribution in [2.45, 2.75) is 46.1 Å². The zero-order valence-corrected chi connectivity index (χ0v) is 11.2. The molecule has 0 radical (unpaired) electrons. The second-order valence-corrected chi connectivity index (χ2v) is 5.02. The average Bonchev–Trinajstić information content (AvgIpc) is 2.31. The first-order chi connectivity index (χ1) is 8.07. The van der Waals surface area contributed by atoms with E-state index in [0.717, 1.165) is 38.6 Å². The molecular weight excluding hydrogens is 216 g/mol. The molecule has 0 spiro atoms. The van der Waals surface area contributed by atoms with E-state index >= 15 is 0 Å². The van der Waals surface area contributed by atoms with Gasteiger partial charge in [0, 0.05) is 26.1 Å². The zero-order chi connectivity index (χ0) is 12.9. The van der Waals surface area contributed by atoms with Crippen molar-refractivity contribution in [3.8, 4) is 0 Å². The number of carbonyl (C=O) groups excluding carboxylic acids is 2. The van der Waals surface area contributed by atoms with Gasteiger partial charge in [-0.25, -0.2) is 0 Å². The summed E-state index contributed by atoms with van der Waals surface area (Å²) in [5, 5.41) is 3.32. The first kappa shape index (κ1) is 14.2. The Morgan fingerprint density at radius 3 is 2.82 bits per heavy atom. The number of likely N-dealkylation sites (tertiary alicyclic amines) is 1. The molecule has 1 saturated heterocycles. The molecule has 1 rings (SSSR count). The molecule has 1 aliphatic heterocycles. The van der Waals surface area contributed by atoms with Crippen molar-refractivity contribution in [2.75, 3.05) is 19.6 Å². The molecule has 98 valence electrons. The Balaban J connectivity index is 2.74. The van der Waals surface area contributed by atoms with E-state index in [1.165, 1.54) is 0 Å². The van der Waals surface area contributed by atoms with Crippen LogP contribution >= 0.6 is 0 Å². The zero-order valence-electron chi connectivity index (χ0n) is 11.2. The summed E-state index contributed by atoms with van der Waals surface area (Å²) in [5.41, 5.74) is -0.404. The van der Waals surface area contributed by atoms with Crippen LogP contribution in [0.5, 0.6) is 0 Å². The molecule has 1 fully saturated rings. The summed E-state index contributed by atoms with van der Waals surface area (Å²) in [5.74, 6) is 0.0684. The predicted octanol–water partition coefficient (Wildman–Crippen LogP) is 1.20. The molecule has 1 aliphatic rings. The molecule has 4 nitrogen and oxygen atoms in total. The SMILES string of the molecule is CCCNCC1(C=O)CCCN(C(C)=O)C1C. The molecule has 4 heteroatoms. The Hall–Kier alpha value is -0.900. The molecule has 0 aromatic rings. The van der Waals surface area contributed by atoms with Crippen LogP contribution in [0.3, 0.4) is 0 Å². The highest BCUT2D eigenvalue weighted by molar-refractivity contribution is 5.75. The van der Waals surface area contributed by atoms with Crippen LogP contribution in [0.25, 0.3) is 0 Å². The van der Waals surface area contributed by atoms with Gasteiger partial charge in [0.2, 0.25) is 5.91 Å². The van der Waals surface area contributed by atoms with E-state index in [0.29, 0.717) is 6.54 Å². The number of nitrogens with zero attached hydrogens (tertiary/aromatic N) is 1. The van der Waals surface area contributed by atoms with Gasteiger partial charge in [0.25, 0.3) is 0 Å². The molecule has 1 N–H and O–H groups in total. The summed E-state index contributed by atoms with van der Waals surface area (Å²) in [7, 11) is 0. The average molecular weight is 240 g/mol. The van der Waals surface area contributed by atoms with Crippen LogP contribution in [0.2, 0.25) is 0 Å². The molecule has 0 aromatic carbocycles. The van der Waals surface area contributed by atoms with Crippen LogP contribution in [0.4, 0.5) is 0 Å². The number of rotatable bonds is 5. The number of amides is 1. The maximum atomic E-state index is 11.5. The molecule has 0 saturated carbocycles. The van der Waals surface area contributed by atoms with Crippen molar-refractivity contribution in [1.29, 1.82) is 0 Å². The lowest BCUT2D eigenvalue weighted by atomic mass is 9.74. The van der Waals surface area contributed by atoms with Crippen LogP contribution in [0.15, 0.2) is 0 Å². The maximum Gasteiger partial charge on any atom is 0.219 e. The number of hydrogen-bond acceptors (Lipinski definition) is 3. The van der Waals surface area contributed by atoms with Gasteiger partial charge in [0.15, 0.2) is 0 Å². The number of aldehydes is 1. The Bertz CT molecular complexity index is 281. The van der Waals surface area contributed by atoms with E-state index in [1.54, 1.807) is 6.92 Å². The lowest BCUT2D eigenvalue weighted by Crippen LogP contribution is -2.57. The molecule has 0 aliphatic carbocycles. The smallest absolute Gasteiger partial charge is 0.219 e. The second kappa shape index (κ2) is 6.15. The maximum absolute atomic E-state index is 11.5. The van der Waals surface area contributed by atoms with Gasteiger partial charge < -0.3 is 15.0 Å². The fraction of sp³-hybridized carbons (Fsp3) is 0.846. The van der Waals surface area contributed by atoms with Crippen molar-refractivity contribution in [2.24, 2.45) is 5.41 Å². The summed E-state index contributed by atoms with van der Waals surface area (Å²) < 4.78 is 0. The number of nitrogens with one attached hydrogen (secondary N) is 1. The highest BCUT2D eigenvalue weighted by Crippen LogP contribution is 2.33. The standard InChI is InChI=1S/C13H24N2O2/c1-4-7-14-9-13(10-16)6-5-8-15(11(13)2)12(3)17/h10-11,14H,4-9H2,1-3H3. The third kappa shape index (κ3) is 3.06. The Labute approximate surface area is 104 Å². The second-order valence-electron chi connectivity index (χ2n) is 5.02. The first-order valence-corrected chi connectivity index (χ1v) is 6.51. The molecule has 17 heavy (non-hydrogen) atoms. The highest BCUT2D eigenvalue weighted by Gasteiger charge is 2.42. The molecule has 0 bridgehead atoms. The Kier molecular flexibility index (Phi) is 5.12. The Morgan fingerprint density at radius 1 is 1.59 bits per heavy atom. The van der Waals surface area contributed by atoms with Crippen LogP contribution in [-0.2, 0) is 9.59 Å². The van der Waals surface area contributed by atoms with E-state index in [1.807, 2.05) is 11.8 Å². The van der Waals surface area contributed by atoms with Crippen molar-refractivity contribution < 1.29 is 9.59 Å². The fourth-order valence-electron chi connectivity index (χ4n) is 2.65. The highest BCUT2D eigenvalue weighted by atomic mass is 16.2. The first-order valence-electron chi connectivity index (χ1n) is 6.51. The largest absolute Gasteiger partial charge is 0.339 e. The van der Waals surface area contributed by atoms with Gasteiger partial charge in [-0.1, -0.05) is 6.92 Å². The van der Waals surface area contributed by atoms with Crippen LogP contribution in [0.1, 0.15) is 40.0 Å². The fourth-order valence-corrected chi connectivity index (χ4v) is 2.65. The topological polar surface area (TPSA) is 49.4 Å². The summed E-state index contributed by atoms with van der Waals surface area (Å²) in [6.07, 6.45) is 3.89. The molecule has 2 atom stereocenters. The van der Waals surface area contributed by atoms with Gasteiger partial charge in [0.05, 0.1) is 5.41 Å². The van der Waals surface area contributed by atoms with Crippen LogP contribution in [0, 0.1) is 5.41 Å². The molecule has 1 amide bonds. The molecular formula is C13H24N2O2. The van der Waals surface area contributed by atoms with E-state index in [-0.39, 0.29) is 11.9 Å². The van der Waals surface area contributed by atoms with Gasteiger partial charge in [0.1, 0.15) is 6.29 Å². The lowest BCUT2D eigenvalue weighted by molar-refractivity contribution is -0.139. The van der Waals surface area contributed by atoms with E-state index in [4.69, 9.17) is 0 Å². The lowest BCUT2D eigenvalue weighted by Gasteiger charge is -2.45. The molecule has 2 unspecified atom stereocenters. The van der Waals surface area contributed by atoms with Crippen molar-refractivity contribution in [1.82, 2.24) is 10.2 Å². The predicted molar refractivity (Wildman–Crippen MR) is 67.7 cm³/mol. The number of hydrogen-bond donors (Lipinski definition) is 1. The summed E-state index contributed by atoms with van der Waals surface area (Å²) >= 11 is 0. The molecule has 1 heterocycles. The number of carbonyl (C=O) groups is 2. The van der Waals surface area contributed by atoms with Gasteiger partial charge in [-0.15, -0.1) is 0 Å². The van der Waals surface area contributed by atoms with Gasteiger partial charge in [-0.3, -0.25) is 4.79 Å². The minimum absolute atomic E-state index is 0.00407. The Morgan fingerprint density at radius 2 is 2.29 bits per heavy atom. The van der Waals surface area contributed by atoms with E-state index < -0.39 is 5.41 Å². The van der Waals surface area contributed by atoms with Crippen molar-refractivity contribution in [3.05, 3.63) is 0 Å². The minimum atomic E-state index is -0.404. The third-order valence-corrected chi connectivity index (χ3v) is 3.86. The quantitative estimate of drug-likeness (QED) is 0.580. The summed E-state index contributed by atoms with van der Waals surface area (Å²) in [4.78, 5) is 24.8. The van der Waals surface area contributed by atoms with E-state index in [2.05, 4.69) is 12.2 Å². The summed E-state index contributed by atoms with van der Waals surface area (Å²) in [6, 6.07) is -0.00407.